The molecule has 2 aromatic carbocycles. The normalized spacial score (nSPS) is 26.2. The number of anilines is 1. The number of aryl methyl sites for hydroxylation is 1. The Bertz CT molecular complexity index is 1800. The van der Waals surface area contributed by atoms with Gasteiger partial charge in [-0.2, -0.15) is 9.97 Å². The van der Waals surface area contributed by atoms with Gasteiger partial charge >= 0.3 is 6.01 Å². The number of piperazine rings is 1. The van der Waals surface area contributed by atoms with Gasteiger partial charge in [-0.1, -0.05) is 38.1 Å². The molecule has 4 aliphatic heterocycles. The van der Waals surface area contributed by atoms with Crippen molar-refractivity contribution < 1.29 is 13.5 Å². The average Bonchev–Trinajstić information content (AvgIpc) is 3.60. The van der Waals surface area contributed by atoms with Crippen LogP contribution in [0.1, 0.15) is 63.6 Å². The van der Waals surface area contributed by atoms with E-state index in [1.165, 1.54) is 18.9 Å². The molecule has 9 heteroatoms. The molecule has 44 heavy (non-hydrogen) atoms. The first kappa shape index (κ1) is 28.1. The van der Waals surface area contributed by atoms with Crippen molar-refractivity contribution in [2.75, 3.05) is 44.2 Å². The highest BCUT2D eigenvalue weighted by Crippen LogP contribution is 2.49. The van der Waals surface area contributed by atoms with Crippen molar-refractivity contribution in [2.24, 2.45) is 5.92 Å². The number of aromatic nitrogens is 3. The Balaban J connectivity index is 1.37. The van der Waals surface area contributed by atoms with Gasteiger partial charge < -0.3 is 15.0 Å². The van der Waals surface area contributed by atoms with Crippen LogP contribution in [0, 0.1) is 24.5 Å². The van der Waals surface area contributed by atoms with Crippen LogP contribution >= 0.6 is 0 Å². The molecule has 0 spiro atoms. The minimum atomic E-state index is -0.520. The zero-order valence-corrected chi connectivity index (χ0v) is 26.0. The van der Waals surface area contributed by atoms with Crippen LogP contribution in [0.4, 0.5) is 14.6 Å². The molecule has 6 heterocycles. The third-order valence-electron chi connectivity index (χ3n) is 11.6. The van der Waals surface area contributed by atoms with Crippen molar-refractivity contribution in [2.45, 2.75) is 70.4 Å². The lowest BCUT2D eigenvalue weighted by atomic mass is 9.76. The zero-order valence-electron chi connectivity index (χ0n) is 26.0. The first-order chi connectivity index (χ1) is 21.2. The molecule has 1 N–H and O–H groups in total. The Morgan fingerprint density at radius 1 is 1.00 bits per heavy atom. The quantitative estimate of drug-likeness (QED) is 0.293. The second kappa shape index (κ2) is 10.0. The van der Waals surface area contributed by atoms with Crippen molar-refractivity contribution in [1.29, 1.82) is 0 Å². The Hall–Kier alpha value is -3.43. The molecule has 4 aliphatic rings. The molecule has 230 valence electrons. The summed E-state index contributed by atoms with van der Waals surface area (Å²) in [6.45, 7) is 13.5. The number of ether oxygens (including phenoxy) is 1. The summed E-state index contributed by atoms with van der Waals surface area (Å²) in [7, 11) is 0. The van der Waals surface area contributed by atoms with Crippen LogP contribution in [-0.2, 0) is 0 Å². The second-order valence-corrected chi connectivity index (χ2v) is 13.8. The molecule has 0 aliphatic carbocycles. The first-order valence-corrected chi connectivity index (χ1v) is 16.2. The highest BCUT2D eigenvalue weighted by molar-refractivity contribution is 6.02. The Morgan fingerprint density at radius 2 is 1.80 bits per heavy atom. The number of nitrogens with one attached hydrogen (secondary N) is 1. The van der Waals surface area contributed by atoms with Gasteiger partial charge in [-0.15, -0.1) is 0 Å². The number of pyridine rings is 1. The molecule has 3 saturated heterocycles. The smallest absolute Gasteiger partial charge is 0.319 e. The van der Waals surface area contributed by atoms with Crippen molar-refractivity contribution in [1.82, 2.24) is 25.2 Å². The maximum absolute atomic E-state index is 17.1. The van der Waals surface area contributed by atoms with Crippen molar-refractivity contribution in [3.05, 3.63) is 53.2 Å². The SMILES string of the molecule is Cc1c(F)ccc2cccc(-c3nc4c5c(nc(OCC67CCCN6CCC7)nc5c3F)N3CCNCC3(C)[C@@H](C)C4C)c12. The molecule has 0 saturated carbocycles. The summed E-state index contributed by atoms with van der Waals surface area (Å²) in [4.78, 5) is 19.9. The van der Waals surface area contributed by atoms with E-state index in [0.29, 0.717) is 34.3 Å². The zero-order chi connectivity index (χ0) is 30.4. The van der Waals surface area contributed by atoms with E-state index in [0.717, 1.165) is 56.6 Å². The number of hydrogen-bond donors (Lipinski definition) is 1. The molecule has 2 aromatic heterocycles. The van der Waals surface area contributed by atoms with Gasteiger partial charge in [-0.25, -0.2) is 13.8 Å². The minimum Gasteiger partial charge on any atom is -0.461 e. The van der Waals surface area contributed by atoms with Gasteiger partial charge in [0.05, 0.1) is 22.2 Å². The van der Waals surface area contributed by atoms with E-state index in [1.807, 2.05) is 18.2 Å². The Morgan fingerprint density at radius 3 is 2.59 bits per heavy atom. The van der Waals surface area contributed by atoms with E-state index in [1.54, 1.807) is 13.0 Å². The van der Waals surface area contributed by atoms with E-state index in [-0.39, 0.29) is 46.0 Å². The van der Waals surface area contributed by atoms with Gasteiger partial charge in [0.25, 0.3) is 0 Å². The van der Waals surface area contributed by atoms with E-state index in [4.69, 9.17) is 19.7 Å². The molecule has 8 rings (SSSR count). The van der Waals surface area contributed by atoms with Gasteiger partial charge in [0.2, 0.25) is 0 Å². The maximum Gasteiger partial charge on any atom is 0.319 e. The molecule has 0 bridgehead atoms. The second-order valence-electron chi connectivity index (χ2n) is 13.8. The third-order valence-corrected chi connectivity index (χ3v) is 11.6. The first-order valence-electron chi connectivity index (χ1n) is 16.2. The number of fused-ring (bicyclic) bond motifs is 4. The molecule has 2 unspecified atom stereocenters. The van der Waals surface area contributed by atoms with Gasteiger partial charge in [0.1, 0.15) is 29.5 Å². The number of benzene rings is 2. The van der Waals surface area contributed by atoms with Crippen molar-refractivity contribution in [3.63, 3.8) is 0 Å². The van der Waals surface area contributed by atoms with Crippen molar-refractivity contribution in [3.8, 4) is 17.3 Å². The van der Waals surface area contributed by atoms with Gasteiger partial charge in [-0.3, -0.25) is 4.90 Å². The van der Waals surface area contributed by atoms with Gasteiger partial charge in [0.15, 0.2) is 5.82 Å². The fraction of sp³-hybridized carbons (Fsp3) is 0.514. The fourth-order valence-corrected chi connectivity index (χ4v) is 8.73. The van der Waals surface area contributed by atoms with Crippen molar-refractivity contribution >= 4 is 27.5 Å². The predicted octanol–water partition coefficient (Wildman–Crippen LogP) is 6.36. The number of halogens is 2. The summed E-state index contributed by atoms with van der Waals surface area (Å²) in [5.74, 6) is 0.00671. The van der Waals surface area contributed by atoms with Gasteiger partial charge in [0, 0.05) is 31.1 Å². The monoisotopic (exact) mass is 598 g/mol. The molecule has 3 fully saturated rings. The van der Waals surface area contributed by atoms with Crippen LogP contribution in [0.3, 0.4) is 0 Å². The van der Waals surface area contributed by atoms with E-state index in [9.17, 15) is 4.39 Å². The van der Waals surface area contributed by atoms with E-state index >= 15 is 4.39 Å². The molecular weight excluding hydrogens is 558 g/mol. The number of nitrogens with zero attached hydrogens (tertiary/aromatic N) is 5. The summed E-state index contributed by atoms with van der Waals surface area (Å²) >= 11 is 0. The highest BCUT2D eigenvalue weighted by atomic mass is 19.1. The summed E-state index contributed by atoms with van der Waals surface area (Å²) < 4.78 is 38.5. The standard InChI is InChI=1S/C35H40F2N6O/c1-20-22(3)34(4)18-38-14-17-43(34)32-27-29(20)39-30(24-9-5-8-23-10-11-25(36)21(2)26(23)24)28(37)31(27)40-33(41-32)44-19-35-12-6-15-42(35)16-7-13-35/h5,8-11,20,22,38H,6-7,12-19H2,1-4H3/t20?,22-,34?/m0/s1. The molecule has 4 aromatic rings. The number of rotatable bonds is 4. The largest absolute Gasteiger partial charge is 0.461 e. The molecular formula is C35H40F2N6O. The summed E-state index contributed by atoms with van der Waals surface area (Å²) in [5, 5.41) is 5.76. The van der Waals surface area contributed by atoms with Crippen LogP contribution in [0.2, 0.25) is 0 Å². The third kappa shape index (κ3) is 3.94. The summed E-state index contributed by atoms with van der Waals surface area (Å²) in [5.41, 5.74) is 1.98. The topological polar surface area (TPSA) is 66.4 Å². The summed E-state index contributed by atoms with van der Waals surface area (Å²) in [6.07, 6.45) is 4.53. The molecule has 7 nitrogen and oxygen atoms in total. The Kier molecular flexibility index (Phi) is 6.41. The molecule has 3 atom stereocenters. The van der Waals surface area contributed by atoms with Crippen LogP contribution in [0.25, 0.3) is 32.9 Å². The molecule has 0 radical (unpaired) electrons. The fourth-order valence-electron chi connectivity index (χ4n) is 8.73. The van der Waals surface area contributed by atoms with E-state index in [2.05, 4.69) is 35.9 Å². The Labute approximate surface area is 257 Å². The summed E-state index contributed by atoms with van der Waals surface area (Å²) in [6, 6.07) is 9.07. The lowest BCUT2D eigenvalue weighted by Gasteiger charge is -2.49. The van der Waals surface area contributed by atoms with Crippen LogP contribution in [-0.4, -0.2) is 70.3 Å². The lowest BCUT2D eigenvalue weighted by Crippen LogP contribution is -2.63. The number of hydrogen-bond acceptors (Lipinski definition) is 7. The van der Waals surface area contributed by atoms with Crippen LogP contribution < -0.4 is 15.0 Å². The highest BCUT2D eigenvalue weighted by Gasteiger charge is 2.48. The van der Waals surface area contributed by atoms with Crippen LogP contribution in [0.5, 0.6) is 6.01 Å². The van der Waals surface area contributed by atoms with Gasteiger partial charge in [-0.05, 0) is 80.9 Å². The maximum atomic E-state index is 17.1. The minimum absolute atomic E-state index is 0.0106. The van der Waals surface area contributed by atoms with Crippen LogP contribution in [0.15, 0.2) is 30.3 Å². The lowest BCUT2D eigenvalue weighted by molar-refractivity contribution is 0.107. The molecule has 0 amide bonds. The average molecular weight is 599 g/mol. The van der Waals surface area contributed by atoms with E-state index < -0.39 is 5.82 Å². The predicted molar refractivity (Wildman–Crippen MR) is 169 cm³/mol.